The summed E-state index contributed by atoms with van der Waals surface area (Å²) in [6.07, 6.45) is 5.13. The maximum atomic E-state index is 13.8. The summed E-state index contributed by atoms with van der Waals surface area (Å²) >= 11 is 1.84. The maximum Gasteiger partial charge on any atom is 0.263 e. The molecular weight excluding hydrogens is 277 g/mol. The van der Waals surface area contributed by atoms with E-state index in [1.54, 1.807) is 12.1 Å². The van der Waals surface area contributed by atoms with E-state index < -0.39 is 5.82 Å². The van der Waals surface area contributed by atoms with Crippen LogP contribution in [0, 0.1) is 5.82 Å². The molecule has 3 rings (SSSR count). The van der Waals surface area contributed by atoms with Gasteiger partial charge in [-0.1, -0.05) is 24.1 Å². The topological polar surface area (TPSA) is 64.9 Å². The van der Waals surface area contributed by atoms with Gasteiger partial charge in [0, 0.05) is 10.9 Å². The largest absolute Gasteiger partial charge is 0.398 e. The third-order valence-corrected chi connectivity index (χ3v) is 4.85. The third kappa shape index (κ3) is 2.80. The van der Waals surface area contributed by atoms with Gasteiger partial charge in [-0.3, -0.25) is 0 Å². The fourth-order valence-corrected chi connectivity index (χ4v) is 3.60. The van der Waals surface area contributed by atoms with Gasteiger partial charge in [0.2, 0.25) is 0 Å². The van der Waals surface area contributed by atoms with Crippen molar-refractivity contribution in [2.24, 2.45) is 0 Å². The number of halogens is 1. The predicted octanol–water partition coefficient (Wildman–Crippen LogP) is 3.63. The van der Waals surface area contributed by atoms with Crippen LogP contribution in [0.25, 0.3) is 11.5 Å². The Hall–Kier alpha value is -1.56. The maximum absolute atomic E-state index is 13.8. The molecule has 0 amide bonds. The summed E-state index contributed by atoms with van der Waals surface area (Å²) in [5.41, 5.74) is 6.26. The summed E-state index contributed by atoms with van der Waals surface area (Å²) in [4.78, 5) is 4.24. The summed E-state index contributed by atoms with van der Waals surface area (Å²) in [5.74, 6) is 1.01. The van der Waals surface area contributed by atoms with Crippen molar-refractivity contribution >= 4 is 17.4 Å². The minimum absolute atomic E-state index is 0.155. The first-order chi connectivity index (χ1) is 9.74. The lowest BCUT2D eigenvalue weighted by atomic mass is 10.1. The lowest BCUT2D eigenvalue weighted by Crippen LogP contribution is -1.96. The number of aromatic nitrogens is 2. The molecule has 20 heavy (non-hydrogen) atoms. The number of thioether (sulfide) groups is 1. The number of nitrogen functional groups attached to an aromatic ring is 1. The van der Waals surface area contributed by atoms with Gasteiger partial charge in [0.15, 0.2) is 5.82 Å². The van der Waals surface area contributed by atoms with Crippen LogP contribution < -0.4 is 5.73 Å². The van der Waals surface area contributed by atoms with Crippen molar-refractivity contribution in [3.63, 3.8) is 0 Å². The van der Waals surface area contributed by atoms with E-state index in [-0.39, 0.29) is 11.5 Å². The SMILES string of the molecule is Nc1cccc(F)c1-c1nc(CSC2CCCC2)no1. The van der Waals surface area contributed by atoms with Gasteiger partial charge in [0.25, 0.3) is 5.89 Å². The Kier molecular flexibility index (Phi) is 3.91. The van der Waals surface area contributed by atoms with Crippen LogP contribution in [0.1, 0.15) is 31.5 Å². The van der Waals surface area contributed by atoms with E-state index in [0.717, 1.165) is 0 Å². The number of rotatable bonds is 4. The highest BCUT2D eigenvalue weighted by Gasteiger charge is 2.19. The van der Waals surface area contributed by atoms with Gasteiger partial charge in [-0.25, -0.2) is 4.39 Å². The van der Waals surface area contributed by atoms with E-state index in [0.29, 0.717) is 22.5 Å². The molecule has 0 atom stereocenters. The second kappa shape index (κ2) is 5.83. The fourth-order valence-electron chi connectivity index (χ4n) is 2.43. The molecule has 1 aromatic carbocycles. The van der Waals surface area contributed by atoms with Crippen molar-refractivity contribution in [1.82, 2.24) is 10.1 Å². The molecule has 106 valence electrons. The Morgan fingerprint density at radius 2 is 2.15 bits per heavy atom. The van der Waals surface area contributed by atoms with E-state index in [2.05, 4.69) is 10.1 Å². The highest BCUT2D eigenvalue weighted by Crippen LogP contribution is 2.32. The second-order valence-corrected chi connectivity index (χ2v) is 6.23. The Bertz CT molecular complexity index is 576. The first-order valence-corrected chi connectivity index (χ1v) is 7.77. The van der Waals surface area contributed by atoms with Crippen LogP contribution in [0.15, 0.2) is 22.7 Å². The lowest BCUT2D eigenvalue weighted by molar-refractivity contribution is 0.423. The highest BCUT2D eigenvalue weighted by molar-refractivity contribution is 7.99. The average molecular weight is 293 g/mol. The molecule has 0 aliphatic heterocycles. The van der Waals surface area contributed by atoms with Gasteiger partial charge in [0.1, 0.15) is 5.82 Å². The van der Waals surface area contributed by atoms with E-state index in [9.17, 15) is 4.39 Å². The third-order valence-electron chi connectivity index (χ3n) is 3.48. The second-order valence-electron chi connectivity index (χ2n) is 4.94. The first kappa shape index (κ1) is 13.4. The Balaban J connectivity index is 1.73. The van der Waals surface area contributed by atoms with Crippen molar-refractivity contribution in [1.29, 1.82) is 0 Å². The monoisotopic (exact) mass is 293 g/mol. The molecule has 0 unspecified atom stereocenters. The zero-order valence-electron chi connectivity index (χ0n) is 11.0. The van der Waals surface area contributed by atoms with Crippen LogP contribution >= 0.6 is 11.8 Å². The van der Waals surface area contributed by atoms with Crippen LogP contribution in [0.5, 0.6) is 0 Å². The molecular formula is C14H16FN3OS. The highest BCUT2D eigenvalue weighted by atomic mass is 32.2. The molecule has 1 fully saturated rings. The number of nitrogens with zero attached hydrogens (tertiary/aromatic N) is 2. The molecule has 2 aromatic rings. The van der Waals surface area contributed by atoms with Crippen molar-refractivity contribution in [3.05, 3.63) is 29.8 Å². The molecule has 0 saturated heterocycles. The van der Waals surface area contributed by atoms with E-state index in [1.807, 2.05) is 11.8 Å². The Labute approximate surface area is 120 Å². The summed E-state index contributed by atoms with van der Waals surface area (Å²) in [7, 11) is 0. The fraction of sp³-hybridized carbons (Fsp3) is 0.429. The molecule has 6 heteroatoms. The minimum Gasteiger partial charge on any atom is -0.398 e. The summed E-state index contributed by atoms with van der Waals surface area (Å²) in [6.45, 7) is 0. The van der Waals surface area contributed by atoms with Crippen LogP contribution in [-0.4, -0.2) is 15.4 Å². The lowest BCUT2D eigenvalue weighted by Gasteiger charge is -2.05. The number of hydrogen-bond donors (Lipinski definition) is 1. The number of hydrogen-bond acceptors (Lipinski definition) is 5. The smallest absolute Gasteiger partial charge is 0.263 e. The molecule has 0 radical (unpaired) electrons. The summed E-state index contributed by atoms with van der Waals surface area (Å²) in [5, 5.41) is 4.60. The molecule has 2 N–H and O–H groups in total. The molecule has 1 aromatic heterocycles. The van der Waals surface area contributed by atoms with E-state index >= 15 is 0 Å². The molecule has 1 aliphatic carbocycles. The Morgan fingerprint density at radius 1 is 1.35 bits per heavy atom. The molecule has 1 aliphatic rings. The van der Waals surface area contributed by atoms with E-state index in [4.69, 9.17) is 10.3 Å². The molecule has 4 nitrogen and oxygen atoms in total. The summed E-state index contributed by atoms with van der Waals surface area (Å²) < 4.78 is 18.9. The van der Waals surface area contributed by atoms with Crippen molar-refractivity contribution in [3.8, 4) is 11.5 Å². The van der Waals surface area contributed by atoms with Crippen molar-refractivity contribution < 1.29 is 8.91 Å². The van der Waals surface area contributed by atoms with Gasteiger partial charge < -0.3 is 10.3 Å². The molecule has 0 spiro atoms. The van der Waals surface area contributed by atoms with Crippen LogP contribution in [0.3, 0.4) is 0 Å². The molecule has 1 saturated carbocycles. The van der Waals surface area contributed by atoms with Gasteiger partial charge in [-0.15, -0.1) is 0 Å². The van der Waals surface area contributed by atoms with Crippen LogP contribution in [0.4, 0.5) is 10.1 Å². The number of nitrogens with two attached hydrogens (primary N) is 1. The Morgan fingerprint density at radius 3 is 2.90 bits per heavy atom. The standard InChI is InChI=1S/C14H16FN3OS/c15-10-6-3-7-11(16)13(10)14-17-12(18-19-14)8-20-9-4-1-2-5-9/h3,6-7,9H,1-2,4-5,8,16H2. The molecule has 0 bridgehead atoms. The average Bonchev–Trinajstić information content (AvgIpc) is 3.07. The summed E-state index contributed by atoms with van der Waals surface area (Å²) in [6, 6.07) is 4.51. The minimum atomic E-state index is -0.441. The zero-order chi connectivity index (χ0) is 13.9. The number of benzene rings is 1. The van der Waals surface area contributed by atoms with Gasteiger partial charge in [-0.2, -0.15) is 16.7 Å². The van der Waals surface area contributed by atoms with Crippen LogP contribution in [0.2, 0.25) is 0 Å². The van der Waals surface area contributed by atoms with Gasteiger partial charge in [-0.05, 0) is 25.0 Å². The quantitative estimate of drug-likeness (QED) is 0.872. The normalized spacial score (nSPS) is 15.8. The van der Waals surface area contributed by atoms with Crippen molar-refractivity contribution in [2.75, 3.05) is 5.73 Å². The van der Waals surface area contributed by atoms with Crippen molar-refractivity contribution in [2.45, 2.75) is 36.7 Å². The van der Waals surface area contributed by atoms with Gasteiger partial charge in [0.05, 0.1) is 11.3 Å². The molecule has 1 heterocycles. The van der Waals surface area contributed by atoms with Crippen LogP contribution in [-0.2, 0) is 5.75 Å². The predicted molar refractivity (Wildman–Crippen MR) is 77.7 cm³/mol. The number of anilines is 1. The zero-order valence-corrected chi connectivity index (χ0v) is 11.8. The van der Waals surface area contributed by atoms with Gasteiger partial charge >= 0.3 is 0 Å². The van der Waals surface area contributed by atoms with E-state index in [1.165, 1.54) is 31.7 Å². The first-order valence-electron chi connectivity index (χ1n) is 6.72.